The Morgan fingerprint density at radius 2 is 1.68 bits per heavy atom. The SMILES string of the molecule is Cc1c(-c2cccc3c2CCC3)cccc1N(C)CCN1CCCC1. The number of anilines is 1. The lowest BCUT2D eigenvalue weighted by atomic mass is 9.93. The van der Waals surface area contributed by atoms with Gasteiger partial charge in [-0.2, -0.15) is 0 Å². The normalized spacial score (nSPS) is 17.0. The Morgan fingerprint density at radius 3 is 2.52 bits per heavy atom. The van der Waals surface area contributed by atoms with Gasteiger partial charge in [0, 0.05) is 25.8 Å². The fraction of sp³-hybridized carbons (Fsp3) is 0.478. The molecule has 0 radical (unpaired) electrons. The number of likely N-dealkylation sites (N-methyl/N-ethyl adjacent to an activating group) is 1. The van der Waals surface area contributed by atoms with Crippen LogP contribution >= 0.6 is 0 Å². The van der Waals surface area contributed by atoms with E-state index in [9.17, 15) is 0 Å². The van der Waals surface area contributed by atoms with Crippen molar-refractivity contribution >= 4 is 5.69 Å². The number of fused-ring (bicyclic) bond motifs is 1. The number of nitrogens with zero attached hydrogens (tertiary/aromatic N) is 2. The van der Waals surface area contributed by atoms with Crippen molar-refractivity contribution in [3.8, 4) is 11.1 Å². The summed E-state index contributed by atoms with van der Waals surface area (Å²) in [6, 6.07) is 13.7. The molecule has 0 amide bonds. The Balaban J connectivity index is 1.59. The summed E-state index contributed by atoms with van der Waals surface area (Å²) in [4.78, 5) is 5.04. The maximum Gasteiger partial charge on any atom is 0.0400 e. The molecule has 2 heteroatoms. The molecule has 1 aliphatic carbocycles. The van der Waals surface area contributed by atoms with Crippen LogP contribution in [0, 0.1) is 6.92 Å². The Morgan fingerprint density at radius 1 is 0.920 bits per heavy atom. The lowest BCUT2D eigenvalue weighted by Crippen LogP contribution is -2.31. The zero-order valence-corrected chi connectivity index (χ0v) is 15.7. The molecule has 2 aromatic rings. The number of aryl methyl sites for hydroxylation is 1. The second-order valence-electron chi connectivity index (χ2n) is 7.72. The Bertz CT molecular complexity index is 744. The molecule has 2 nitrogen and oxygen atoms in total. The van der Waals surface area contributed by atoms with Crippen molar-refractivity contribution in [3.05, 3.63) is 53.1 Å². The van der Waals surface area contributed by atoms with E-state index < -0.39 is 0 Å². The van der Waals surface area contributed by atoms with Gasteiger partial charge in [0.1, 0.15) is 0 Å². The van der Waals surface area contributed by atoms with Crippen molar-refractivity contribution in [1.82, 2.24) is 4.90 Å². The summed E-state index contributed by atoms with van der Waals surface area (Å²) >= 11 is 0. The molecule has 0 atom stereocenters. The highest BCUT2D eigenvalue weighted by Crippen LogP contribution is 2.36. The van der Waals surface area contributed by atoms with Gasteiger partial charge in [0.2, 0.25) is 0 Å². The summed E-state index contributed by atoms with van der Waals surface area (Å²) in [5.41, 5.74) is 8.83. The predicted octanol–water partition coefficient (Wildman–Crippen LogP) is 4.68. The van der Waals surface area contributed by atoms with Gasteiger partial charge in [-0.25, -0.2) is 0 Å². The van der Waals surface area contributed by atoms with E-state index in [4.69, 9.17) is 0 Å². The van der Waals surface area contributed by atoms with E-state index in [2.05, 4.69) is 60.2 Å². The van der Waals surface area contributed by atoms with E-state index in [0.717, 1.165) is 6.54 Å². The molecule has 2 aromatic carbocycles. The summed E-state index contributed by atoms with van der Waals surface area (Å²) in [6.07, 6.45) is 6.53. The molecule has 0 aromatic heterocycles. The summed E-state index contributed by atoms with van der Waals surface area (Å²) < 4.78 is 0. The van der Waals surface area contributed by atoms with E-state index in [0.29, 0.717) is 0 Å². The highest BCUT2D eigenvalue weighted by Gasteiger charge is 2.18. The average Bonchev–Trinajstić information content (AvgIpc) is 3.31. The van der Waals surface area contributed by atoms with Gasteiger partial charge in [0.25, 0.3) is 0 Å². The summed E-state index contributed by atoms with van der Waals surface area (Å²) in [6.45, 7) is 7.15. The molecule has 0 saturated carbocycles. The first kappa shape index (κ1) is 16.7. The van der Waals surface area contributed by atoms with Crippen LogP contribution in [0.1, 0.15) is 36.0 Å². The summed E-state index contributed by atoms with van der Waals surface area (Å²) in [5, 5.41) is 0. The van der Waals surface area contributed by atoms with Gasteiger partial charge >= 0.3 is 0 Å². The molecular formula is C23H30N2. The second kappa shape index (κ2) is 7.21. The number of benzene rings is 2. The van der Waals surface area contributed by atoms with Crippen molar-refractivity contribution in [2.24, 2.45) is 0 Å². The van der Waals surface area contributed by atoms with Crippen LogP contribution < -0.4 is 4.90 Å². The fourth-order valence-electron chi connectivity index (χ4n) is 4.62. The fourth-order valence-corrected chi connectivity index (χ4v) is 4.62. The van der Waals surface area contributed by atoms with Crippen LogP contribution in [0.3, 0.4) is 0 Å². The molecule has 1 aliphatic heterocycles. The number of rotatable bonds is 5. The van der Waals surface area contributed by atoms with E-state index in [1.54, 1.807) is 11.1 Å². The molecule has 0 unspecified atom stereocenters. The highest BCUT2D eigenvalue weighted by atomic mass is 15.2. The predicted molar refractivity (Wildman–Crippen MR) is 108 cm³/mol. The van der Waals surface area contributed by atoms with Crippen LogP contribution in [0.5, 0.6) is 0 Å². The third kappa shape index (κ3) is 3.32. The Hall–Kier alpha value is -1.80. The van der Waals surface area contributed by atoms with Crippen LogP contribution in [0.25, 0.3) is 11.1 Å². The van der Waals surface area contributed by atoms with Crippen LogP contribution in [-0.4, -0.2) is 38.1 Å². The lowest BCUT2D eigenvalue weighted by Gasteiger charge is -2.26. The molecule has 132 valence electrons. The van der Waals surface area contributed by atoms with Gasteiger partial charge in [-0.05, 0) is 86.0 Å². The third-order valence-corrected chi connectivity index (χ3v) is 6.10. The minimum atomic E-state index is 1.11. The lowest BCUT2D eigenvalue weighted by molar-refractivity contribution is 0.346. The molecule has 25 heavy (non-hydrogen) atoms. The van der Waals surface area contributed by atoms with E-state index in [1.807, 2.05) is 0 Å². The maximum absolute atomic E-state index is 2.60. The number of likely N-dealkylation sites (tertiary alicyclic amines) is 1. The van der Waals surface area contributed by atoms with Gasteiger partial charge in [-0.15, -0.1) is 0 Å². The van der Waals surface area contributed by atoms with Crippen LogP contribution in [-0.2, 0) is 12.8 Å². The number of hydrogen-bond acceptors (Lipinski definition) is 2. The second-order valence-corrected chi connectivity index (χ2v) is 7.72. The molecule has 0 spiro atoms. The minimum absolute atomic E-state index is 1.11. The van der Waals surface area contributed by atoms with Crippen LogP contribution in [0.2, 0.25) is 0 Å². The number of hydrogen-bond donors (Lipinski definition) is 0. The molecular weight excluding hydrogens is 304 g/mol. The van der Waals surface area contributed by atoms with Crippen molar-refractivity contribution < 1.29 is 0 Å². The Labute approximate surface area is 152 Å². The summed E-state index contributed by atoms with van der Waals surface area (Å²) in [5.74, 6) is 0. The Kier molecular flexibility index (Phi) is 4.80. The molecule has 1 saturated heterocycles. The first-order valence-electron chi connectivity index (χ1n) is 9.88. The first-order chi connectivity index (χ1) is 12.2. The van der Waals surface area contributed by atoms with Gasteiger partial charge in [0.05, 0.1) is 0 Å². The van der Waals surface area contributed by atoms with Crippen molar-refractivity contribution in [2.45, 2.75) is 39.0 Å². The van der Waals surface area contributed by atoms with E-state index in [-0.39, 0.29) is 0 Å². The highest BCUT2D eigenvalue weighted by molar-refractivity contribution is 5.77. The maximum atomic E-state index is 2.60. The van der Waals surface area contributed by atoms with Gasteiger partial charge < -0.3 is 9.80 Å². The zero-order chi connectivity index (χ0) is 17.2. The molecule has 1 heterocycles. The first-order valence-corrected chi connectivity index (χ1v) is 9.88. The van der Waals surface area contributed by atoms with Gasteiger partial charge in [-0.3, -0.25) is 0 Å². The van der Waals surface area contributed by atoms with Crippen molar-refractivity contribution in [3.63, 3.8) is 0 Å². The third-order valence-electron chi connectivity index (χ3n) is 6.10. The average molecular weight is 335 g/mol. The molecule has 0 bridgehead atoms. The molecule has 4 rings (SSSR count). The molecule has 2 aliphatic rings. The molecule has 1 fully saturated rings. The monoisotopic (exact) mass is 334 g/mol. The summed E-state index contributed by atoms with van der Waals surface area (Å²) in [7, 11) is 2.25. The van der Waals surface area contributed by atoms with Gasteiger partial charge in [0.15, 0.2) is 0 Å². The topological polar surface area (TPSA) is 6.48 Å². The largest absolute Gasteiger partial charge is 0.373 e. The van der Waals surface area contributed by atoms with Crippen LogP contribution in [0.4, 0.5) is 5.69 Å². The van der Waals surface area contributed by atoms with Crippen LogP contribution in [0.15, 0.2) is 36.4 Å². The zero-order valence-electron chi connectivity index (χ0n) is 15.7. The quantitative estimate of drug-likeness (QED) is 0.783. The van der Waals surface area contributed by atoms with Crippen molar-refractivity contribution in [2.75, 3.05) is 38.1 Å². The molecule has 0 N–H and O–H groups in total. The van der Waals surface area contributed by atoms with Gasteiger partial charge in [-0.1, -0.05) is 30.3 Å². The minimum Gasteiger partial charge on any atom is -0.373 e. The smallest absolute Gasteiger partial charge is 0.0400 e. The van der Waals surface area contributed by atoms with E-state index >= 15 is 0 Å². The van der Waals surface area contributed by atoms with E-state index in [1.165, 1.54) is 74.1 Å². The van der Waals surface area contributed by atoms with Crippen molar-refractivity contribution in [1.29, 1.82) is 0 Å². The standard InChI is InChI=1S/C23H30N2/c1-18-20(22-12-6-9-19-8-5-11-21(19)22)10-7-13-23(18)24(2)16-17-25-14-3-4-15-25/h6-7,9-10,12-13H,3-5,8,11,14-17H2,1-2H3.